The van der Waals surface area contributed by atoms with Crippen LogP contribution in [0.3, 0.4) is 0 Å². The number of carbonyl (C=O) groups excluding carboxylic acids is 1. The van der Waals surface area contributed by atoms with Gasteiger partial charge in [-0.25, -0.2) is 9.78 Å². The van der Waals surface area contributed by atoms with Gasteiger partial charge < -0.3 is 14.5 Å². The Morgan fingerprint density at radius 2 is 2.04 bits per heavy atom. The molecule has 3 rings (SSSR count). The fourth-order valence-electron chi connectivity index (χ4n) is 2.94. The minimum Gasteiger partial charge on any atom is -0.492 e. The number of hydrogen-bond acceptors (Lipinski definition) is 5. The van der Waals surface area contributed by atoms with E-state index in [4.69, 9.17) is 22.1 Å². The molecule has 0 fully saturated rings. The summed E-state index contributed by atoms with van der Waals surface area (Å²) in [7, 11) is 1.36. The van der Waals surface area contributed by atoms with E-state index >= 15 is 0 Å². The molecule has 1 aromatic heterocycles. The molecule has 0 radical (unpaired) electrons. The van der Waals surface area contributed by atoms with Crippen molar-refractivity contribution in [2.75, 3.05) is 13.7 Å². The van der Waals surface area contributed by atoms with Crippen LogP contribution in [0.2, 0.25) is 0 Å². The molecule has 0 aliphatic rings. The normalized spacial score (nSPS) is 10.9. The summed E-state index contributed by atoms with van der Waals surface area (Å²) in [6.07, 6.45) is 1.99. The fourth-order valence-corrected chi connectivity index (χ4v) is 3.31. The van der Waals surface area contributed by atoms with Gasteiger partial charge in [0.05, 0.1) is 40.8 Å². The summed E-state index contributed by atoms with van der Waals surface area (Å²) in [4.78, 5) is 20.5. The fraction of sp³-hybridized carbons (Fsp3) is 0.300. The first kappa shape index (κ1) is 18.3. The Morgan fingerprint density at radius 3 is 2.73 bits per heavy atom. The van der Waals surface area contributed by atoms with E-state index in [0.717, 1.165) is 40.1 Å². The van der Waals surface area contributed by atoms with Gasteiger partial charge in [-0.1, -0.05) is 19.4 Å². The Bertz CT molecular complexity index is 950. The van der Waals surface area contributed by atoms with Gasteiger partial charge in [0.2, 0.25) is 0 Å². The van der Waals surface area contributed by atoms with E-state index in [1.54, 1.807) is 12.1 Å². The monoisotopic (exact) mass is 370 g/mol. The molecule has 2 aromatic carbocycles. The number of rotatable bonds is 6. The van der Waals surface area contributed by atoms with Crippen molar-refractivity contribution in [1.82, 2.24) is 9.97 Å². The molecule has 3 aromatic rings. The van der Waals surface area contributed by atoms with Crippen LogP contribution in [0.5, 0.6) is 5.75 Å². The number of aryl methyl sites for hydroxylation is 1. The molecule has 0 amide bonds. The molecule has 6 heteroatoms. The minimum absolute atomic E-state index is 0.381. The molecular formula is C20H22N2O3S. The maximum atomic E-state index is 11.7. The summed E-state index contributed by atoms with van der Waals surface area (Å²) in [6, 6.07) is 9.33. The number of thiol groups is 1. The Hall–Kier alpha value is -2.47. The maximum absolute atomic E-state index is 11.7. The molecule has 5 nitrogen and oxygen atoms in total. The van der Waals surface area contributed by atoms with Gasteiger partial charge in [0.1, 0.15) is 11.6 Å². The van der Waals surface area contributed by atoms with Gasteiger partial charge >= 0.3 is 5.97 Å². The van der Waals surface area contributed by atoms with E-state index in [-0.39, 0.29) is 5.97 Å². The summed E-state index contributed by atoms with van der Waals surface area (Å²) < 4.78 is 10.6. The predicted molar refractivity (Wildman–Crippen MR) is 105 cm³/mol. The Kier molecular flexibility index (Phi) is 5.52. The van der Waals surface area contributed by atoms with E-state index in [0.29, 0.717) is 23.5 Å². The Balaban J connectivity index is 2.10. The van der Waals surface area contributed by atoms with Gasteiger partial charge in [-0.3, -0.25) is 0 Å². The number of aromatic nitrogens is 2. The van der Waals surface area contributed by atoms with E-state index in [1.165, 1.54) is 7.11 Å². The number of esters is 1. The SMILES string of the molecule is CCCc1ccc(-c2nc3cc(C(=O)OC)ccc3[nH]2)c(OCC)c1S. The summed E-state index contributed by atoms with van der Waals surface area (Å²) in [5.41, 5.74) is 4.02. The van der Waals surface area contributed by atoms with E-state index in [2.05, 4.69) is 23.0 Å². The number of ether oxygens (including phenoxy) is 2. The molecular weight excluding hydrogens is 348 g/mol. The van der Waals surface area contributed by atoms with E-state index < -0.39 is 0 Å². The second kappa shape index (κ2) is 7.83. The zero-order valence-electron chi connectivity index (χ0n) is 15.1. The van der Waals surface area contributed by atoms with Gasteiger partial charge in [0.25, 0.3) is 0 Å². The molecule has 0 bridgehead atoms. The van der Waals surface area contributed by atoms with Crippen LogP contribution in [0, 0.1) is 0 Å². The lowest BCUT2D eigenvalue weighted by Gasteiger charge is -2.14. The van der Waals surface area contributed by atoms with Crippen molar-refractivity contribution in [3.05, 3.63) is 41.5 Å². The van der Waals surface area contributed by atoms with Crippen LogP contribution in [-0.2, 0) is 11.2 Å². The zero-order chi connectivity index (χ0) is 18.7. The first-order chi connectivity index (χ1) is 12.6. The van der Waals surface area contributed by atoms with Gasteiger partial charge in [-0.2, -0.15) is 0 Å². The molecule has 0 aliphatic heterocycles. The van der Waals surface area contributed by atoms with Crippen molar-refractivity contribution >= 4 is 29.6 Å². The predicted octanol–water partition coefficient (Wildman–Crippen LogP) is 4.66. The molecule has 0 spiro atoms. The van der Waals surface area contributed by atoms with Gasteiger partial charge in [-0.05, 0) is 43.2 Å². The smallest absolute Gasteiger partial charge is 0.337 e. The molecule has 26 heavy (non-hydrogen) atoms. The lowest BCUT2D eigenvalue weighted by Crippen LogP contribution is -2.00. The number of imidazole rings is 1. The summed E-state index contributed by atoms with van der Waals surface area (Å²) in [5.74, 6) is 1.03. The average molecular weight is 370 g/mol. The third-order valence-electron chi connectivity index (χ3n) is 4.18. The van der Waals surface area contributed by atoms with Crippen LogP contribution < -0.4 is 4.74 Å². The Morgan fingerprint density at radius 1 is 1.23 bits per heavy atom. The van der Waals surface area contributed by atoms with Crippen LogP contribution in [-0.4, -0.2) is 29.7 Å². The van der Waals surface area contributed by atoms with Gasteiger partial charge in [0.15, 0.2) is 0 Å². The van der Waals surface area contributed by atoms with Gasteiger partial charge in [-0.15, -0.1) is 12.6 Å². The third kappa shape index (κ3) is 3.42. The van der Waals surface area contributed by atoms with E-state index in [1.807, 2.05) is 19.1 Å². The van der Waals surface area contributed by atoms with Crippen LogP contribution in [0.1, 0.15) is 36.2 Å². The van der Waals surface area contributed by atoms with Crippen molar-refractivity contribution in [2.24, 2.45) is 0 Å². The van der Waals surface area contributed by atoms with Crippen molar-refractivity contribution in [3.8, 4) is 17.1 Å². The largest absolute Gasteiger partial charge is 0.492 e. The average Bonchev–Trinajstić information content (AvgIpc) is 3.07. The van der Waals surface area contributed by atoms with Gasteiger partial charge in [0, 0.05) is 0 Å². The standard InChI is InChI=1S/C20H22N2O3S/c1-4-6-12-7-9-14(17(18(12)26)25-5-2)19-21-15-10-8-13(20(23)24-3)11-16(15)22-19/h7-11,26H,4-6H2,1-3H3,(H,21,22). The van der Waals surface area contributed by atoms with Crippen molar-refractivity contribution < 1.29 is 14.3 Å². The molecule has 0 atom stereocenters. The van der Waals surface area contributed by atoms with Crippen molar-refractivity contribution in [1.29, 1.82) is 0 Å². The third-order valence-corrected chi connectivity index (χ3v) is 4.67. The molecule has 0 aliphatic carbocycles. The number of hydrogen-bond donors (Lipinski definition) is 2. The highest BCUT2D eigenvalue weighted by molar-refractivity contribution is 7.80. The molecule has 0 saturated heterocycles. The minimum atomic E-state index is -0.381. The first-order valence-electron chi connectivity index (χ1n) is 8.65. The van der Waals surface area contributed by atoms with Crippen molar-refractivity contribution in [3.63, 3.8) is 0 Å². The summed E-state index contributed by atoms with van der Waals surface area (Å²) >= 11 is 4.69. The second-order valence-electron chi connectivity index (χ2n) is 5.94. The van der Waals surface area contributed by atoms with Crippen molar-refractivity contribution in [2.45, 2.75) is 31.6 Å². The van der Waals surface area contributed by atoms with Crippen LogP contribution >= 0.6 is 12.6 Å². The van der Waals surface area contributed by atoms with Crippen LogP contribution in [0.4, 0.5) is 0 Å². The number of nitrogens with one attached hydrogen (secondary N) is 1. The number of benzene rings is 2. The highest BCUT2D eigenvalue weighted by Gasteiger charge is 2.17. The maximum Gasteiger partial charge on any atom is 0.337 e. The lowest BCUT2D eigenvalue weighted by molar-refractivity contribution is 0.0601. The number of aromatic amines is 1. The Labute approximate surface area is 158 Å². The lowest BCUT2D eigenvalue weighted by atomic mass is 10.1. The summed E-state index contributed by atoms with van der Waals surface area (Å²) in [6.45, 7) is 4.63. The second-order valence-corrected chi connectivity index (χ2v) is 6.39. The molecule has 136 valence electrons. The molecule has 0 unspecified atom stereocenters. The zero-order valence-corrected chi connectivity index (χ0v) is 16.0. The number of H-pyrrole nitrogens is 1. The highest BCUT2D eigenvalue weighted by atomic mass is 32.1. The molecule has 1 N–H and O–H groups in total. The molecule has 1 heterocycles. The van der Waals surface area contributed by atoms with Crippen LogP contribution in [0.25, 0.3) is 22.4 Å². The number of carbonyl (C=O) groups is 1. The van der Waals surface area contributed by atoms with Crippen LogP contribution in [0.15, 0.2) is 35.2 Å². The number of methoxy groups -OCH3 is 1. The topological polar surface area (TPSA) is 64.2 Å². The summed E-state index contributed by atoms with van der Waals surface area (Å²) in [5, 5.41) is 0. The highest BCUT2D eigenvalue weighted by Crippen LogP contribution is 2.37. The van der Waals surface area contributed by atoms with E-state index in [9.17, 15) is 4.79 Å². The number of nitrogens with zero attached hydrogens (tertiary/aromatic N) is 1. The quantitative estimate of drug-likeness (QED) is 0.489. The number of fused-ring (bicyclic) bond motifs is 1. The first-order valence-corrected chi connectivity index (χ1v) is 9.09. The molecule has 0 saturated carbocycles.